The molecule has 3 N–H and O–H groups in total. The van der Waals surface area contributed by atoms with Crippen molar-refractivity contribution in [3.63, 3.8) is 0 Å². The highest BCUT2D eigenvalue weighted by Gasteiger charge is 2.42. The number of rotatable bonds is 11. The molecule has 1 saturated heterocycles. The highest BCUT2D eigenvalue weighted by atomic mass is 35.5. The summed E-state index contributed by atoms with van der Waals surface area (Å²) in [5.74, 6) is -0.414. The van der Waals surface area contributed by atoms with E-state index in [0.29, 0.717) is 29.4 Å². The lowest BCUT2D eigenvalue weighted by atomic mass is 9.83. The van der Waals surface area contributed by atoms with Gasteiger partial charge in [-0.15, -0.1) is 0 Å². The first-order valence-electron chi connectivity index (χ1n) is 15.9. The van der Waals surface area contributed by atoms with Gasteiger partial charge in [-0.05, 0) is 47.7 Å². The molecule has 252 valence electrons. The number of aliphatic hydroxyl groups excluding tert-OH is 1. The van der Waals surface area contributed by atoms with Gasteiger partial charge in [0, 0.05) is 17.2 Å². The number of benzene rings is 4. The third-order valence-electron chi connectivity index (χ3n) is 8.58. The van der Waals surface area contributed by atoms with Gasteiger partial charge in [-0.25, -0.2) is 9.78 Å². The van der Waals surface area contributed by atoms with Crippen molar-refractivity contribution in [3.8, 4) is 0 Å². The van der Waals surface area contributed by atoms with Gasteiger partial charge in [0.1, 0.15) is 5.15 Å². The summed E-state index contributed by atoms with van der Waals surface area (Å²) in [6.45, 7) is 1.72. The topological polar surface area (TPSA) is 115 Å². The Morgan fingerprint density at radius 2 is 1.55 bits per heavy atom. The molecule has 1 fully saturated rings. The number of urea groups is 1. The van der Waals surface area contributed by atoms with E-state index in [2.05, 4.69) is 15.6 Å². The number of ketones is 1. The fourth-order valence-corrected chi connectivity index (χ4v) is 6.38. The molecule has 0 radical (unpaired) electrons. The molecule has 1 aliphatic heterocycles. The monoisotopic (exact) mass is 698 g/mol. The Balaban J connectivity index is 1.29. The van der Waals surface area contributed by atoms with Crippen LogP contribution in [0.1, 0.15) is 53.1 Å². The molecule has 6 rings (SSSR count). The number of carbonyl (C=O) groups excluding carboxylic acids is 2. The lowest BCUT2D eigenvalue weighted by molar-refractivity contribution is -0.263. The van der Waals surface area contributed by atoms with E-state index in [-0.39, 0.29) is 23.5 Å². The van der Waals surface area contributed by atoms with Gasteiger partial charge >= 0.3 is 6.03 Å². The van der Waals surface area contributed by atoms with Crippen molar-refractivity contribution in [2.75, 3.05) is 5.32 Å². The predicted molar refractivity (Wildman–Crippen MR) is 188 cm³/mol. The fourth-order valence-electron chi connectivity index (χ4n) is 6.06. The standard InChI is InChI=1S/C38H36Cl2N4O5/c1-24(46)31(19-25-9-4-2-5-10-25)43-38(47)42-30-14-8-13-29(20-30)37-48-32(21-44-23-41-35(39)36(44)40)33(27-11-6-3-7-12-27)34(49-37)28-17-15-26(22-45)16-18-28/h2-18,20,23,31-34,37,45H,19,21-22H2,1H3,(H2,42,43,47). The van der Waals surface area contributed by atoms with Crippen LogP contribution in [0.15, 0.2) is 116 Å². The third kappa shape index (κ3) is 8.39. The summed E-state index contributed by atoms with van der Waals surface area (Å²) in [6, 6.07) is 33.2. The highest BCUT2D eigenvalue weighted by Crippen LogP contribution is 2.47. The van der Waals surface area contributed by atoms with Crippen LogP contribution in [-0.4, -0.2) is 38.6 Å². The summed E-state index contributed by atoms with van der Waals surface area (Å²) < 4.78 is 15.3. The number of hydrogen-bond donors (Lipinski definition) is 3. The number of nitrogens with one attached hydrogen (secondary N) is 2. The quantitative estimate of drug-likeness (QED) is 0.131. The van der Waals surface area contributed by atoms with Crippen molar-refractivity contribution < 1.29 is 24.2 Å². The van der Waals surface area contributed by atoms with E-state index in [9.17, 15) is 14.7 Å². The van der Waals surface area contributed by atoms with Crippen molar-refractivity contribution in [2.45, 2.75) is 57.0 Å². The number of imidazole rings is 1. The Bertz CT molecular complexity index is 1870. The molecule has 2 heterocycles. The Labute approximate surface area is 294 Å². The molecule has 1 aliphatic rings. The van der Waals surface area contributed by atoms with Gasteiger partial charge in [-0.1, -0.05) is 120 Å². The Hall–Kier alpha value is -4.51. The molecular weight excluding hydrogens is 663 g/mol. The molecule has 2 amide bonds. The van der Waals surface area contributed by atoms with E-state index in [1.54, 1.807) is 29.1 Å². The van der Waals surface area contributed by atoms with E-state index in [1.165, 1.54) is 6.92 Å². The Morgan fingerprint density at radius 3 is 2.20 bits per heavy atom. The summed E-state index contributed by atoms with van der Waals surface area (Å²) in [7, 11) is 0. The smallest absolute Gasteiger partial charge is 0.319 e. The number of halogens is 2. The van der Waals surface area contributed by atoms with E-state index in [0.717, 1.165) is 22.3 Å². The van der Waals surface area contributed by atoms with Gasteiger partial charge in [0.05, 0.1) is 37.7 Å². The first kappa shape index (κ1) is 34.4. The van der Waals surface area contributed by atoms with Crippen LogP contribution in [0.3, 0.4) is 0 Å². The second-order valence-corrected chi connectivity index (χ2v) is 12.7. The molecule has 0 saturated carbocycles. The fraction of sp³-hybridized carbons (Fsp3) is 0.237. The summed E-state index contributed by atoms with van der Waals surface area (Å²) in [6.07, 6.45) is 0.204. The molecule has 4 aromatic carbocycles. The molecule has 9 nitrogen and oxygen atoms in total. The van der Waals surface area contributed by atoms with E-state index < -0.39 is 30.6 Å². The number of aliphatic hydroxyl groups is 1. The minimum atomic E-state index is -0.835. The SMILES string of the molecule is CC(=O)C(Cc1ccccc1)NC(=O)Nc1cccc(C2OC(Cn3cnc(Cl)c3Cl)C(c3ccccc3)C(c3ccc(CO)cc3)O2)c1. The van der Waals surface area contributed by atoms with Gasteiger partial charge in [-0.3, -0.25) is 4.79 Å². The number of carbonyl (C=O) groups is 2. The maximum absolute atomic E-state index is 13.1. The van der Waals surface area contributed by atoms with Gasteiger partial charge in [0.25, 0.3) is 0 Å². The van der Waals surface area contributed by atoms with Crippen LogP contribution < -0.4 is 10.6 Å². The number of amides is 2. The van der Waals surface area contributed by atoms with Gasteiger partial charge < -0.3 is 29.8 Å². The van der Waals surface area contributed by atoms with Crippen molar-refractivity contribution in [2.24, 2.45) is 0 Å². The zero-order chi connectivity index (χ0) is 34.3. The lowest BCUT2D eigenvalue weighted by Crippen LogP contribution is -2.43. The van der Waals surface area contributed by atoms with Gasteiger partial charge in [0.2, 0.25) is 0 Å². The van der Waals surface area contributed by atoms with Crippen molar-refractivity contribution in [3.05, 3.63) is 154 Å². The van der Waals surface area contributed by atoms with Gasteiger partial charge in [0.15, 0.2) is 17.2 Å². The van der Waals surface area contributed by atoms with E-state index >= 15 is 0 Å². The summed E-state index contributed by atoms with van der Waals surface area (Å²) in [5.41, 5.74) is 4.81. The lowest BCUT2D eigenvalue weighted by Gasteiger charge is -2.43. The first-order valence-corrected chi connectivity index (χ1v) is 16.7. The third-order valence-corrected chi connectivity index (χ3v) is 9.34. The van der Waals surface area contributed by atoms with E-state index in [4.69, 9.17) is 32.7 Å². The predicted octanol–water partition coefficient (Wildman–Crippen LogP) is 7.64. The summed E-state index contributed by atoms with van der Waals surface area (Å²) in [4.78, 5) is 29.6. The molecule has 5 atom stereocenters. The van der Waals surface area contributed by atoms with Crippen LogP contribution in [-0.2, 0) is 33.8 Å². The van der Waals surface area contributed by atoms with Gasteiger partial charge in [-0.2, -0.15) is 0 Å². The van der Waals surface area contributed by atoms with Crippen molar-refractivity contribution in [1.82, 2.24) is 14.9 Å². The van der Waals surface area contributed by atoms with Crippen LogP contribution in [0.25, 0.3) is 0 Å². The first-order chi connectivity index (χ1) is 23.8. The molecular formula is C38H36Cl2N4O5. The average molecular weight is 700 g/mol. The second kappa shape index (κ2) is 15.8. The second-order valence-electron chi connectivity index (χ2n) is 12.0. The summed E-state index contributed by atoms with van der Waals surface area (Å²) in [5, 5.41) is 15.9. The molecule has 5 aromatic rings. The molecule has 0 aliphatic carbocycles. The van der Waals surface area contributed by atoms with Crippen LogP contribution in [0.2, 0.25) is 10.3 Å². The minimum Gasteiger partial charge on any atom is -0.392 e. The number of Topliss-reactive ketones (excluding diaryl/α,β-unsaturated/α-hetero) is 1. The maximum Gasteiger partial charge on any atom is 0.319 e. The zero-order valence-electron chi connectivity index (χ0n) is 26.7. The van der Waals surface area contributed by atoms with Crippen LogP contribution in [0.5, 0.6) is 0 Å². The normalized spacial score (nSPS) is 19.6. The average Bonchev–Trinajstić information content (AvgIpc) is 3.44. The largest absolute Gasteiger partial charge is 0.392 e. The molecule has 0 spiro atoms. The minimum absolute atomic E-state index is 0.0744. The molecule has 49 heavy (non-hydrogen) atoms. The molecule has 5 unspecified atom stereocenters. The molecule has 11 heteroatoms. The van der Waals surface area contributed by atoms with Crippen LogP contribution in [0, 0.1) is 0 Å². The number of hydrogen-bond acceptors (Lipinski definition) is 6. The number of aromatic nitrogens is 2. The Kier molecular flexibility index (Phi) is 11.1. The van der Waals surface area contributed by atoms with E-state index in [1.807, 2.05) is 91.0 Å². The number of anilines is 1. The molecule has 0 bridgehead atoms. The van der Waals surface area contributed by atoms with Crippen LogP contribution >= 0.6 is 23.2 Å². The number of nitrogens with zero attached hydrogens (tertiary/aromatic N) is 2. The van der Waals surface area contributed by atoms with Crippen LogP contribution in [0.4, 0.5) is 10.5 Å². The Morgan fingerprint density at radius 1 is 0.857 bits per heavy atom. The number of ether oxygens (including phenoxy) is 2. The molecule has 1 aromatic heterocycles. The van der Waals surface area contributed by atoms with Crippen molar-refractivity contribution >= 4 is 40.7 Å². The summed E-state index contributed by atoms with van der Waals surface area (Å²) >= 11 is 12.7. The zero-order valence-corrected chi connectivity index (χ0v) is 28.2. The highest BCUT2D eigenvalue weighted by molar-refractivity contribution is 6.40. The maximum atomic E-state index is 13.1. The van der Waals surface area contributed by atoms with Crippen molar-refractivity contribution in [1.29, 1.82) is 0 Å².